The summed E-state index contributed by atoms with van der Waals surface area (Å²) in [5.41, 5.74) is -0.292. The summed E-state index contributed by atoms with van der Waals surface area (Å²) in [5, 5.41) is 13.8. The number of anilines is 1. The molecule has 110 valence electrons. The van der Waals surface area contributed by atoms with Crippen LogP contribution in [0, 0.1) is 0 Å². The standard InChI is InChI=1S/C13H20N4O3/c1-19-13(5-3-6-13)8-10(18)15-12-17-16-11(20-12)9-4-2-7-14-9/h9,14H,2-8H2,1H3,(H,15,17,18). The molecule has 1 atom stereocenters. The topological polar surface area (TPSA) is 89.3 Å². The molecule has 2 heterocycles. The van der Waals surface area contributed by atoms with Crippen molar-refractivity contribution < 1.29 is 13.9 Å². The summed E-state index contributed by atoms with van der Waals surface area (Å²) in [4.78, 5) is 12.0. The van der Waals surface area contributed by atoms with Crippen LogP contribution < -0.4 is 10.6 Å². The minimum atomic E-state index is -0.292. The summed E-state index contributed by atoms with van der Waals surface area (Å²) < 4.78 is 10.9. The van der Waals surface area contributed by atoms with E-state index in [4.69, 9.17) is 9.15 Å². The summed E-state index contributed by atoms with van der Waals surface area (Å²) in [6.45, 7) is 0.963. The molecule has 1 saturated heterocycles. The first-order valence-electron chi connectivity index (χ1n) is 7.13. The number of carbonyl (C=O) groups excluding carboxylic acids is 1. The van der Waals surface area contributed by atoms with Crippen molar-refractivity contribution in [1.82, 2.24) is 15.5 Å². The van der Waals surface area contributed by atoms with E-state index in [0.29, 0.717) is 12.3 Å². The number of ether oxygens (including phenoxy) is 1. The summed E-state index contributed by atoms with van der Waals surface area (Å²) in [6.07, 6.45) is 5.39. The minimum Gasteiger partial charge on any atom is -0.406 e. The van der Waals surface area contributed by atoms with Gasteiger partial charge in [-0.25, -0.2) is 0 Å². The summed E-state index contributed by atoms with van der Waals surface area (Å²) >= 11 is 0. The Morgan fingerprint density at radius 1 is 1.50 bits per heavy atom. The van der Waals surface area contributed by atoms with Gasteiger partial charge in [-0.1, -0.05) is 5.10 Å². The van der Waals surface area contributed by atoms with E-state index in [1.165, 1.54) is 0 Å². The largest absolute Gasteiger partial charge is 0.406 e. The van der Waals surface area contributed by atoms with Crippen molar-refractivity contribution in [3.05, 3.63) is 5.89 Å². The molecule has 0 aromatic carbocycles. The van der Waals surface area contributed by atoms with Crippen molar-refractivity contribution in [3.8, 4) is 0 Å². The van der Waals surface area contributed by atoms with Gasteiger partial charge in [0, 0.05) is 7.11 Å². The molecule has 1 aliphatic carbocycles. The van der Waals surface area contributed by atoms with Crippen molar-refractivity contribution in [2.75, 3.05) is 19.0 Å². The van der Waals surface area contributed by atoms with E-state index in [0.717, 1.165) is 38.6 Å². The molecule has 0 radical (unpaired) electrons. The Morgan fingerprint density at radius 2 is 2.35 bits per heavy atom. The van der Waals surface area contributed by atoms with Gasteiger partial charge >= 0.3 is 6.01 Å². The molecule has 1 saturated carbocycles. The van der Waals surface area contributed by atoms with Gasteiger partial charge in [-0.05, 0) is 38.6 Å². The van der Waals surface area contributed by atoms with E-state index in [9.17, 15) is 4.79 Å². The molecule has 0 spiro atoms. The van der Waals surface area contributed by atoms with Crippen LogP contribution in [0.3, 0.4) is 0 Å². The molecule has 1 aliphatic heterocycles. The molecule has 1 aromatic rings. The molecule has 1 amide bonds. The minimum absolute atomic E-state index is 0.116. The first-order valence-corrected chi connectivity index (χ1v) is 7.13. The van der Waals surface area contributed by atoms with Crippen molar-refractivity contribution >= 4 is 11.9 Å². The van der Waals surface area contributed by atoms with Crippen LogP contribution in [0.25, 0.3) is 0 Å². The van der Waals surface area contributed by atoms with Gasteiger partial charge in [-0.3, -0.25) is 10.1 Å². The first kappa shape index (κ1) is 13.5. The normalized spacial score (nSPS) is 24.4. The molecule has 1 unspecified atom stereocenters. The number of amides is 1. The van der Waals surface area contributed by atoms with Crippen LogP contribution in [0.15, 0.2) is 4.42 Å². The van der Waals surface area contributed by atoms with Gasteiger partial charge in [0.15, 0.2) is 0 Å². The molecule has 3 rings (SSSR count). The summed E-state index contributed by atoms with van der Waals surface area (Å²) in [7, 11) is 1.66. The maximum atomic E-state index is 12.0. The lowest BCUT2D eigenvalue weighted by molar-refractivity contribution is -0.129. The molecule has 2 aliphatic rings. The predicted octanol–water partition coefficient (Wildman–Crippen LogP) is 1.39. The van der Waals surface area contributed by atoms with Crippen LogP contribution in [0.1, 0.15) is 50.5 Å². The Labute approximate surface area is 117 Å². The number of nitrogens with one attached hydrogen (secondary N) is 2. The van der Waals surface area contributed by atoms with Crippen LogP contribution in [-0.4, -0.2) is 35.4 Å². The molecule has 7 nitrogen and oxygen atoms in total. The average molecular weight is 280 g/mol. The number of carbonyl (C=O) groups is 1. The highest BCUT2D eigenvalue weighted by Crippen LogP contribution is 2.38. The van der Waals surface area contributed by atoms with E-state index < -0.39 is 0 Å². The van der Waals surface area contributed by atoms with Crippen molar-refractivity contribution in [3.63, 3.8) is 0 Å². The summed E-state index contributed by atoms with van der Waals surface area (Å²) in [6, 6.07) is 0.286. The van der Waals surface area contributed by atoms with Crippen molar-refractivity contribution in [1.29, 1.82) is 0 Å². The molecular weight excluding hydrogens is 260 g/mol. The third kappa shape index (κ3) is 2.69. The van der Waals surface area contributed by atoms with Gasteiger partial charge < -0.3 is 14.5 Å². The quantitative estimate of drug-likeness (QED) is 0.847. The third-order valence-electron chi connectivity index (χ3n) is 4.23. The van der Waals surface area contributed by atoms with Gasteiger partial charge in [0.1, 0.15) is 0 Å². The SMILES string of the molecule is COC1(CC(=O)Nc2nnc(C3CCCN3)o2)CCC1. The lowest BCUT2D eigenvalue weighted by Crippen LogP contribution is -2.42. The number of nitrogens with zero attached hydrogens (tertiary/aromatic N) is 2. The number of hydrogen-bond donors (Lipinski definition) is 2. The molecule has 0 bridgehead atoms. The highest BCUT2D eigenvalue weighted by Gasteiger charge is 2.39. The van der Waals surface area contributed by atoms with Crippen LogP contribution in [-0.2, 0) is 9.53 Å². The van der Waals surface area contributed by atoms with E-state index in [-0.39, 0.29) is 23.6 Å². The zero-order valence-corrected chi connectivity index (χ0v) is 11.6. The monoisotopic (exact) mass is 280 g/mol. The summed E-state index contributed by atoms with van der Waals surface area (Å²) in [5.74, 6) is 0.407. The zero-order valence-electron chi connectivity index (χ0n) is 11.6. The van der Waals surface area contributed by atoms with Crippen molar-refractivity contribution in [2.45, 2.75) is 50.2 Å². The molecule has 20 heavy (non-hydrogen) atoms. The Balaban J connectivity index is 1.56. The second-order valence-electron chi connectivity index (χ2n) is 5.56. The fraction of sp³-hybridized carbons (Fsp3) is 0.769. The average Bonchev–Trinajstić information content (AvgIpc) is 3.03. The van der Waals surface area contributed by atoms with E-state index in [1.807, 2.05) is 0 Å². The van der Waals surface area contributed by atoms with Gasteiger partial charge in [-0.15, -0.1) is 5.10 Å². The van der Waals surface area contributed by atoms with Gasteiger partial charge in [0.2, 0.25) is 11.8 Å². The fourth-order valence-electron chi connectivity index (χ4n) is 2.80. The second kappa shape index (κ2) is 5.49. The smallest absolute Gasteiger partial charge is 0.322 e. The van der Waals surface area contributed by atoms with Crippen LogP contribution in [0.4, 0.5) is 6.01 Å². The fourth-order valence-corrected chi connectivity index (χ4v) is 2.80. The zero-order chi connectivity index (χ0) is 14.0. The molecule has 2 N–H and O–H groups in total. The van der Waals surface area contributed by atoms with Crippen LogP contribution in [0.2, 0.25) is 0 Å². The Bertz CT molecular complexity index is 472. The first-order chi connectivity index (χ1) is 9.71. The Morgan fingerprint density at radius 3 is 2.95 bits per heavy atom. The Hall–Kier alpha value is -1.47. The maximum Gasteiger partial charge on any atom is 0.322 e. The van der Waals surface area contributed by atoms with Crippen LogP contribution in [0.5, 0.6) is 0 Å². The molecule has 2 fully saturated rings. The number of rotatable bonds is 5. The van der Waals surface area contributed by atoms with Gasteiger partial charge in [-0.2, -0.15) is 0 Å². The van der Waals surface area contributed by atoms with Gasteiger partial charge in [0.05, 0.1) is 18.1 Å². The van der Waals surface area contributed by atoms with E-state index in [1.54, 1.807) is 7.11 Å². The van der Waals surface area contributed by atoms with Crippen LogP contribution >= 0.6 is 0 Å². The third-order valence-corrected chi connectivity index (χ3v) is 4.23. The van der Waals surface area contributed by atoms with E-state index in [2.05, 4.69) is 20.8 Å². The highest BCUT2D eigenvalue weighted by atomic mass is 16.5. The molecule has 7 heteroatoms. The lowest BCUT2D eigenvalue weighted by Gasteiger charge is -2.39. The number of hydrogen-bond acceptors (Lipinski definition) is 6. The number of methoxy groups -OCH3 is 1. The molecule has 1 aromatic heterocycles. The molecular formula is C13H20N4O3. The lowest BCUT2D eigenvalue weighted by atomic mass is 9.77. The maximum absolute atomic E-state index is 12.0. The highest BCUT2D eigenvalue weighted by molar-refractivity contribution is 5.89. The van der Waals surface area contributed by atoms with E-state index >= 15 is 0 Å². The van der Waals surface area contributed by atoms with Crippen molar-refractivity contribution in [2.24, 2.45) is 0 Å². The predicted molar refractivity (Wildman–Crippen MR) is 71.1 cm³/mol. The Kier molecular flexibility index (Phi) is 3.71. The second-order valence-corrected chi connectivity index (χ2v) is 5.56. The van der Waals surface area contributed by atoms with Gasteiger partial charge in [0.25, 0.3) is 0 Å². The number of aromatic nitrogens is 2.